The van der Waals surface area contributed by atoms with Gasteiger partial charge in [-0.3, -0.25) is 4.79 Å². The highest BCUT2D eigenvalue weighted by Crippen LogP contribution is 2.30. The number of nitrogens with zero attached hydrogens (tertiary/aromatic N) is 4. The van der Waals surface area contributed by atoms with Gasteiger partial charge in [0.05, 0.1) is 19.8 Å². The lowest BCUT2D eigenvalue weighted by Crippen LogP contribution is -2.47. The summed E-state index contributed by atoms with van der Waals surface area (Å²) in [7, 11) is 0.111. The third-order valence-electron chi connectivity index (χ3n) is 5.42. The van der Waals surface area contributed by atoms with Crippen LogP contribution >= 0.6 is 0 Å². The molecule has 0 atom stereocenters. The summed E-state index contributed by atoms with van der Waals surface area (Å²) in [5.74, 6) is 1.43. The first-order chi connectivity index (χ1) is 16.2. The van der Waals surface area contributed by atoms with E-state index in [-0.39, 0.29) is 17.3 Å². The summed E-state index contributed by atoms with van der Waals surface area (Å²) in [5.41, 5.74) is 0.590. The van der Waals surface area contributed by atoms with Crippen molar-refractivity contribution in [3.8, 4) is 11.5 Å². The molecule has 34 heavy (non-hydrogen) atoms. The van der Waals surface area contributed by atoms with Gasteiger partial charge in [-0.2, -0.15) is 4.31 Å². The van der Waals surface area contributed by atoms with Crippen molar-refractivity contribution in [2.45, 2.75) is 18.7 Å². The molecule has 2 aromatic rings. The van der Waals surface area contributed by atoms with Crippen LogP contribution < -0.4 is 19.7 Å². The fourth-order valence-corrected chi connectivity index (χ4v) is 4.92. The first kappa shape index (κ1) is 25.7. The molecule has 1 aliphatic rings. The highest BCUT2D eigenvalue weighted by Gasteiger charge is 2.27. The Balaban J connectivity index is 1.61. The zero-order valence-electron chi connectivity index (χ0n) is 20.2. The van der Waals surface area contributed by atoms with Crippen LogP contribution in [0.25, 0.3) is 0 Å². The molecule has 0 unspecified atom stereocenters. The highest BCUT2D eigenvalue weighted by molar-refractivity contribution is 7.89. The van der Waals surface area contributed by atoms with Crippen molar-refractivity contribution in [3.63, 3.8) is 0 Å². The Labute approximate surface area is 201 Å². The Kier molecular flexibility index (Phi) is 8.70. The minimum Gasteiger partial charge on any atom is -0.490 e. The summed E-state index contributed by atoms with van der Waals surface area (Å²) in [5, 5.41) is 2.84. The second-order valence-corrected chi connectivity index (χ2v) is 9.93. The van der Waals surface area contributed by atoms with Crippen LogP contribution in [0.1, 0.15) is 13.8 Å². The number of nitrogens with one attached hydrogen (secondary N) is 1. The maximum Gasteiger partial charge on any atom is 0.244 e. The molecule has 11 heteroatoms. The lowest BCUT2D eigenvalue weighted by atomic mass is 10.2. The van der Waals surface area contributed by atoms with Gasteiger partial charge in [0.15, 0.2) is 11.5 Å². The van der Waals surface area contributed by atoms with Gasteiger partial charge in [0, 0.05) is 51.2 Å². The first-order valence-electron chi connectivity index (χ1n) is 11.3. The molecule has 0 radical (unpaired) electrons. The minimum absolute atomic E-state index is 0.0364. The van der Waals surface area contributed by atoms with E-state index in [4.69, 9.17) is 9.47 Å². The van der Waals surface area contributed by atoms with Gasteiger partial charge < -0.3 is 24.6 Å². The molecule has 0 aliphatic carbocycles. The van der Waals surface area contributed by atoms with Gasteiger partial charge in [-0.1, -0.05) is 0 Å². The van der Waals surface area contributed by atoms with E-state index in [2.05, 4.69) is 15.2 Å². The number of carbonyl (C=O) groups is 1. The molecule has 3 rings (SSSR count). The molecule has 0 saturated carbocycles. The molecule has 1 N–H and O–H groups in total. The van der Waals surface area contributed by atoms with E-state index in [1.54, 1.807) is 36.2 Å². The highest BCUT2D eigenvalue weighted by atomic mass is 32.2. The third-order valence-corrected chi connectivity index (χ3v) is 7.30. The number of benzene rings is 1. The summed E-state index contributed by atoms with van der Waals surface area (Å²) in [6.07, 6.45) is 1.35. The van der Waals surface area contributed by atoms with Crippen LogP contribution in [-0.2, 0) is 14.8 Å². The van der Waals surface area contributed by atoms with Crippen molar-refractivity contribution in [1.82, 2.24) is 14.2 Å². The molecule has 186 valence electrons. The SMILES string of the molecule is CCOc1ccc(NC(=O)CN(C)c2ccc(S(=O)(=O)N3CCN(C)CC3)cn2)cc1OCC. The lowest BCUT2D eigenvalue weighted by Gasteiger charge is -2.31. The Hall–Kier alpha value is -2.89. The summed E-state index contributed by atoms with van der Waals surface area (Å²) in [6.45, 7) is 7.11. The molecule has 1 amide bonds. The van der Waals surface area contributed by atoms with E-state index >= 15 is 0 Å². The number of pyridine rings is 1. The summed E-state index contributed by atoms with van der Waals surface area (Å²) in [6, 6.07) is 8.38. The number of carbonyl (C=O) groups excluding carboxylic acids is 1. The Bertz CT molecular complexity index is 1070. The smallest absolute Gasteiger partial charge is 0.244 e. The first-order valence-corrected chi connectivity index (χ1v) is 12.7. The van der Waals surface area contributed by atoms with Gasteiger partial charge in [-0.05, 0) is 45.2 Å². The Morgan fingerprint density at radius 3 is 2.35 bits per heavy atom. The van der Waals surface area contributed by atoms with Crippen molar-refractivity contribution < 1.29 is 22.7 Å². The van der Waals surface area contributed by atoms with E-state index in [0.717, 1.165) is 0 Å². The van der Waals surface area contributed by atoms with Gasteiger partial charge in [-0.25, -0.2) is 13.4 Å². The number of sulfonamides is 1. The predicted molar refractivity (Wildman–Crippen MR) is 131 cm³/mol. The zero-order valence-corrected chi connectivity index (χ0v) is 21.0. The van der Waals surface area contributed by atoms with E-state index in [9.17, 15) is 13.2 Å². The van der Waals surface area contributed by atoms with Crippen LogP contribution in [0.5, 0.6) is 11.5 Å². The van der Waals surface area contributed by atoms with Gasteiger partial charge in [-0.15, -0.1) is 0 Å². The lowest BCUT2D eigenvalue weighted by molar-refractivity contribution is -0.114. The van der Waals surface area contributed by atoms with Gasteiger partial charge in [0.25, 0.3) is 0 Å². The predicted octanol–water partition coefficient (Wildman–Crippen LogP) is 1.89. The van der Waals surface area contributed by atoms with Crippen molar-refractivity contribution in [2.24, 2.45) is 0 Å². The number of hydrogen-bond donors (Lipinski definition) is 1. The monoisotopic (exact) mass is 491 g/mol. The van der Waals surface area contributed by atoms with E-state index in [1.807, 2.05) is 20.9 Å². The van der Waals surface area contributed by atoms with E-state index in [1.165, 1.54) is 16.6 Å². The largest absolute Gasteiger partial charge is 0.490 e. The Morgan fingerprint density at radius 2 is 1.74 bits per heavy atom. The van der Waals surface area contributed by atoms with Gasteiger partial charge >= 0.3 is 0 Å². The molecule has 0 bridgehead atoms. The molecular weight excluding hydrogens is 458 g/mol. The Morgan fingerprint density at radius 1 is 1.06 bits per heavy atom. The molecule has 1 aromatic carbocycles. The maximum atomic E-state index is 12.9. The van der Waals surface area contributed by atoms with Crippen LogP contribution in [0.4, 0.5) is 11.5 Å². The molecular formula is C23H33N5O5S. The van der Waals surface area contributed by atoms with Crippen molar-refractivity contribution in [1.29, 1.82) is 0 Å². The fourth-order valence-electron chi connectivity index (χ4n) is 3.55. The quantitative estimate of drug-likeness (QED) is 0.537. The van der Waals surface area contributed by atoms with Crippen molar-refractivity contribution >= 4 is 27.4 Å². The van der Waals surface area contributed by atoms with Gasteiger partial charge in [0.2, 0.25) is 15.9 Å². The van der Waals surface area contributed by atoms with E-state index in [0.29, 0.717) is 62.4 Å². The average Bonchev–Trinajstić information content (AvgIpc) is 2.81. The summed E-state index contributed by atoms with van der Waals surface area (Å²) in [4.78, 5) is 20.8. The third kappa shape index (κ3) is 6.37. The molecule has 1 saturated heterocycles. The topological polar surface area (TPSA) is 104 Å². The fraction of sp³-hybridized carbons (Fsp3) is 0.478. The van der Waals surface area contributed by atoms with Crippen molar-refractivity contribution in [2.75, 3.05) is 70.2 Å². The second kappa shape index (κ2) is 11.5. The van der Waals surface area contributed by atoms with Crippen LogP contribution in [0, 0.1) is 0 Å². The number of rotatable bonds is 10. The summed E-state index contributed by atoms with van der Waals surface area (Å²) >= 11 is 0. The van der Waals surface area contributed by atoms with Crippen molar-refractivity contribution in [3.05, 3.63) is 36.5 Å². The van der Waals surface area contributed by atoms with Crippen LogP contribution in [0.3, 0.4) is 0 Å². The molecule has 10 nitrogen and oxygen atoms in total. The summed E-state index contributed by atoms with van der Waals surface area (Å²) < 4.78 is 38.4. The number of hydrogen-bond acceptors (Lipinski definition) is 8. The maximum absolute atomic E-state index is 12.9. The zero-order chi connectivity index (χ0) is 24.7. The average molecular weight is 492 g/mol. The standard InChI is InChI=1S/C23H33N5O5S/c1-5-32-20-9-7-18(15-21(20)33-6-2)25-23(29)17-27(4)22-10-8-19(16-24-22)34(30,31)28-13-11-26(3)12-14-28/h7-10,15-16H,5-6,11-14,17H2,1-4H3,(H,25,29). The molecule has 1 aliphatic heterocycles. The van der Waals surface area contributed by atoms with Crippen LogP contribution in [0.15, 0.2) is 41.4 Å². The second-order valence-electron chi connectivity index (χ2n) is 7.99. The molecule has 2 heterocycles. The number of anilines is 2. The molecule has 1 fully saturated rings. The molecule has 0 spiro atoms. The molecule has 1 aromatic heterocycles. The minimum atomic E-state index is -3.58. The number of ether oxygens (including phenoxy) is 2. The van der Waals surface area contributed by atoms with Crippen LogP contribution in [0.2, 0.25) is 0 Å². The van der Waals surface area contributed by atoms with Crippen LogP contribution in [-0.4, -0.2) is 88.5 Å². The van der Waals surface area contributed by atoms with E-state index < -0.39 is 10.0 Å². The number of piperazine rings is 1. The van der Waals surface area contributed by atoms with Gasteiger partial charge in [0.1, 0.15) is 10.7 Å². The number of aromatic nitrogens is 1. The normalized spacial score (nSPS) is 15.1. The number of likely N-dealkylation sites (N-methyl/N-ethyl adjacent to an activating group) is 2. The number of amides is 1.